The minimum Gasteiger partial charge on any atom is -0.507 e. The highest BCUT2D eigenvalue weighted by Crippen LogP contribution is 2.42. The molecule has 1 atom stereocenters. The monoisotopic (exact) mass is 485 g/mol. The zero-order valence-corrected chi connectivity index (χ0v) is 20.4. The van der Waals surface area contributed by atoms with Gasteiger partial charge in [-0.15, -0.1) is 0 Å². The highest BCUT2D eigenvalue weighted by Gasteiger charge is 2.47. The van der Waals surface area contributed by atoms with Gasteiger partial charge in [0.1, 0.15) is 11.5 Å². The SMILES string of the molecule is CCCOC(=O)c1ccc(N2C(=O)C(=O)/C(=C(/O)c3ccc(OC)cc3)C2c2cccc(C)c2)cc1. The van der Waals surface area contributed by atoms with Gasteiger partial charge in [-0.25, -0.2) is 4.79 Å². The molecular formula is C29H27NO6. The number of anilines is 1. The summed E-state index contributed by atoms with van der Waals surface area (Å²) in [6, 6.07) is 19.5. The molecule has 3 aromatic rings. The van der Waals surface area contributed by atoms with Crippen LogP contribution in [0.4, 0.5) is 5.69 Å². The van der Waals surface area contributed by atoms with Gasteiger partial charge in [-0.2, -0.15) is 0 Å². The van der Waals surface area contributed by atoms with Crippen molar-refractivity contribution in [1.82, 2.24) is 0 Å². The molecule has 1 saturated heterocycles. The quantitative estimate of drug-likeness (QED) is 0.214. The normalized spacial score (nSPS) is 16.8. The summed E-state index contributed by atoms with van der Waals surface area (Å²) >= 11 is 0. The van der Waals surface area contributed by atoms with Crippen LogP contribution in [0.5, 0.6) is 5.75 Å². The fraction of sp³-hybridized carbons (Fsp3) is 0.207. The van der Waals surface area contributed by atoms with E-state index in [1.54, 1.807) is 48.5 Å². The molecular weight excluding hydrogens is 458 g/mol. The summed E-state index contributed by atoms with van der Waals surface area (Å²) in [7, 11) is 1.53. The van der Waals surface area contributed by atoms with Gasteiger partial charge in [0.15, 0.2) is 0 Å². The number of carbonyl (C=O) groups is 3. The maximum atomic E-state index is 13.3. The van der Waals surface area contributed by atoms with Crippen molar-refractivity contribution in [3.63, 3.8) is 0 Å². The van der Waals surface area contributed by atoms with Crippen LogP contribution in [0, 0.1) is 6.92 Å². The van der Waals surface area contributed by atoms with Gasteiger partial charge in [0, 0.05) is 11.3 Å². The van der Waals surface area contributed by atoms with Crippen molar-refractivity contribution in [2.24, 2.45) is 0 Å². The van der Waals surface area contributed by atoms with E-state index >= 15 is 0 Å². The number of methoxy groups -OCH3 is 1. The Balaban J connectivity index is 1.82. The molecule has 1 amide bonds. The van der Waals surface area contributed by atoms with Gasteiger partial charge in [-0.1, -0.05) is 36.8 Å². The van der Waals surface area contributed by atoms with Crippen molar-refractivity contribution in [1.29, 1.82) is 0 Å². The van der Waals surface area contributed by atoms with E-state index in [2.05, 4.69) is 0 Å². The Morgan fingerprint density at radius 1 is 0.972 bits per heavy atom. The molecule has 0 spiro atoms. The first-order valence-corrected chi connectivity index (χ1v) is 11.6. The summed E-state index contributed by atoms with van der Waals surface area (Å²) in [5, 5.41) is 11.2. The first-order chi connectivity index (χ1) is 17.3. The number of ketones is 1. The number of benzene rings is 3. The number of amides is 1. The minimum atomic E-state index is -0.857. The average Bonchev–Trinajstić information content (AvgIpc) is 3.17. The van der Waals surface area contributed by atoms with Crippen LogP contribution in [-0.4, -0.2) is 36.5 Å². The van der Waals surface area contributed by atoms with Crippen molar-refractivity contribution in [3.05, 3.63) is 101 Å². The standard InChI is InChI=1S/C29H27NO6/c1-4-16-36-29(34)20-8-12-22(13-9-20)30-25(21-7-5-6-18(2)17-21)24(27(32)28(30)33)26(31)19-10-14-23(35-3)15-11-19/h5-15,17,25,31H,4,16H2,1-3H3/b26-24+. The Bertz CT molecular complexity index is 1320. The van der Waals surface area contributed by atoms with Crippen LogP contribution >= 0.6 is 0 Å². The van der Waals surface area contributed by atoms with E-state index in [9.17, 15) is 19.5 Å². The van der Waals surface area contributed by atoms with Gasteiger partial charge in [0.2, 0.25) is 0 Å². The van der Waals surface area contributed by atoms with Crippen molar-refractivity contribution in [2.45, 2.75) is 26.3 Å². The van der Waals surface area contributed by atoms with Gasteiger partial charge in [0.05, 0.1) is 30.9 Å². The number of hydrogen-bond donors (Lipinski definition) is 1. The van der Waals surface area contributed by atoms with Crippen molar-refractivity contribution in [2.75, 3.05) is 18.6 Å². The summed E-state index contributed by atoms with van der Waals surface area (Å²) in [6.07, 6.45) is 0.708. The summed E-state index contributed by atoms with van der Waals surface area (Å²) in [5.74, 6) is -1.69. The van der Waals surface area contributed by atoms with Gasteiger partial charge in [-0.05, 0) is 67.4 Å². The molecule has 4 rings (SSSR count). The number of aliphatic hydroxyl groups excluding tert-OH is 1. The number of nitrogens with zero attached hydrogens (tertiary/aromatic N) is 1. The van der Waals surface area contributed by atoms with Crippen LogP contribution < -0.4 is 9.64 Å². The molecule has 1 heterocycles. The lowest BCUT2D eigenvalue weighted by atomic mass is 9.94. The van der Waals surface area contributed by atoms with Gasteiger partial charge >= 0.3 is 5.97 Å². The zero-order chi connectivity index (χ0) is 25.8. The Morgan fingerprint density at radius 2 is 1.64 bits per heavy atom. The van der Waals surface area contributed by atoms with E-state index in [0.717, 1.165) is 5.56 Å². The lowest BCUT2D eigenvalue weighted by molar-refractivity contribution is -0.132. The van der Waals surface area contributed by atoms with Crippen LogP contribution in [0.3, 0.4) is 0 Å². The molecule has 1 aliphatic rings. The molecule has 36 heavy (non-hydrogen) atoms. The molecule has 1 fully saturated rings. The first kappa shape index (κ1) is 24.7. The lowest BCUT2D eigenvalue weighted by Crippen LogP contribution is -2.29. The largest absolute Gasteiger partial charge is 0.507 e. The molecule has 3 aromatic carbocycles. The predicted octanol–water partition coefficient (Wildman–Crippen LogP) is 5.20. The molecule has 0 radical (unpaired) electrons. The van der Waals surface area contributed by atoms with Gasteiger partial charge < -0.3 is 14.6 Å². The minimum absolute atomic E-state index is 0.0119. The molecule has 0 saturated carbocycles. The van der Waals surface area contributed by atoms with E-state index in [1.807, 2.05) is 38.1 Å². The van der Waals surface area contributed by atoms with Gasteiger partial charge in [0.25, 0.3) is 11.7 Å². The number of esters is 1. The number of ether oxygens (including phenoxy) is 2. The Kier molecular flexibility index (Phi) is 7.20. The second-order valence-corrected chi connectivity index (χ2v) is 8.49. The van der Waals surface area contributed by atoms with Crippen LogP contribution in [-0.2, 0) is 14.3 Å². The Hall–Kier alpha value is -4.39. The van der Waals surface area contributed by atoms with Crippen LogP contribution in [0.25, 0.3) is 5.76 Å². The molecule has 1 N–H and O–H groups in total. The number of rotatable bonds is 7. The predicted molar refractivity (Wildman–Crippen MR) is 136 cm³/mol. The third-order valence-electron chi connectivity index (χ3n) is 5.98. The fourth-order valence-electron chi connectivity index (χ4n) is 4.20. The molecule has 0 bridgehead atoms. The maximum Gasteiger partial charge on any atom is 0.338 e. The van der Waals surface area contributed by atoms with E-state index in [-0.39, 0.29) is 11.3 Å². The highest BCUT2D eigenvalue weighted by atomic mass is 16.5. The fourth-order valence-corrected chi connectivity index (χ4v) is 4.20. The molecule has 1 unspecified atom stereocenters. The Morgan fingerprint density at radius 3 is 2.25 bits per heavy atom. The summed E-state index contributed by atoms with van der Waals surface area (Å²) < 4.78 is 10.4. The second kappa shape index (κ2) is 10.5. The molecule has 184 valence electrons. The average molecular weight is 486 g/mol. The topological polar surface area (TPSA) is 93.1 Å². The zero-order valence-electron chi connectivity index (χ0n) is 20.4. The number of aryl methyl sites for hydroxylation is 1. The highest BCUT2D eigenvalue weighted by molar-refractivity contribution is 6.51. The number of hydrogen-bond acceptors (Lipinski definition) is 6. The van der Waals surface area contributed by atoms with Crippen molar-refractivity contribution >= 4 is 29.1 Å². The van der Waals surface area contributed by atoms with E-state index in [0.29, 0.717) is 41.2 Å². The molecule has 7 nitrogen and oxygen atoms in total. The number of Topliss-reactive ketones (excluding diaryl/α,β-unsaturated/α-hetero) is 1. The maximum absolute atomic E-state index is 13.3. The van der Waals surface area contributed by atoms with Crippen molar-refractivity contribution in [3.8, 4) is 5.75 Å². The smallest absolute Gasteiger partial charge is 0.338 e. The van der Waals surface area contributed by atoms with Crippen LogP contribution in [0.1, 0.15) is 46.4 Å². The van der Waals surface area contributed by atoms with E-state index in [1.165, 1.54) is 12.0 Å². The summed E-state index contributed by atoms with van der Waals surface area (Å²) in [5.41, 5.74) is 2.76. The van der Waals surface area contributed by atoms with E-state index < -0.39 is 23.7 Å². The molecule has 1 aliphatic heterocycles. The Labute approximate surface area is 209 Å². The van der Waals surface area contributed by atoms with Crippen molar-refractivity contribution < 1.29 is 29.0 Å². The van der Waals surface area contributed by atoms with Crippen LogP contribution in [0.2, 0.25) is 0 Å². The summed E-state index contributed by atoms with van der Waals surface area (Å²) in [4.78, 5) is 40.1. The third kappa shape index (κ3) is 4.73. The lowest BCUT2D eigenvalue weighted by Gasteiger charge is -2.26. The number of carbonyl (C=O) groups excluding carboxylic acids is 3. The summed E-state index contributed by atoms with van der Waals surface area (Å²) in [6.45, 7) is 4.13. The van der Waals surface area contributed by atoms with Gasteiger partial charge in [-0.3, -0.25) is 14.5 Å². The third-order valence-corrected chi connectivity index (χ3v) is 5.98. The number of aliphatic hydroxyl groups is 1. The molecule has 7 heteroatoms. The van der Waals surface area contributed by atoms with Crippen LogP contribution in [0.15, 0.2) is 78.4 Å². The first-order valence-electron chi connectivity index (χ1n) is 11.6. The second-order valence-electron chi connectivity index (χ2n) is 8.49. The molecule has 0 aromatic heterocycles. The van der Waals surface area contributed by atoms with E-state index in [4.69, 9.17) is 9.47 Å². The molecule has 0 aliphatic carbocycles.